The Labute approximate surface area is 145 Å². The minimum absolute atomic E-state index is 0.190. The molecule has 1 atom stereocenters. The number of likely N-dealkylation sites (N-methyl/N-ethyl adjacent to an activating group) is 1. The topological polar surface area (TPSA) is 32.3 Å². The first kappa shape index (κ1) is 18.4. The quantitative estimate of drug-likeness (QED) is 0.865. The zero-order valence-corrected chi connectivity index (χ0v) is 14.5. The Kier molecular flexibility index (Phi) is 5.91. The lowest BCUT2D eigenvalue weighted by Crippen LogP contribution is -2.39. The van der Waals surface area contributed by atoms with Gasteiger partial charge in [-0.2, -0.15) is 0 Å². The molecule has 6 heteroatoms. The van der Waals surface area contributed by atoms with E-state index in [-0.39, 0.29) is 12.5 Å². The van der Waals surface area contributed by atoms with Crippen molar-refractivity contribution in [3.05, 3.63) is 64.2 Å². The first-order chi connectivity index (χ1) is 11.3. The molecule has 0 aliphatic carbocycles. The molecule has 2 rings (SSSR count). The lowest BCUT2D eigenvalue weighted by Gasteiger charge is -2.24. The molecule has 0 heterocycles. The van der Waals surface area contributed by atoms with Crippen molar-refractivity contribution in [2.75, 3.05) is 12.4 Å². The van der Waals surface area contributed by atoms with E-state index in [1.807, 2.05) is 13.0 Å². The third-order valence-corrected chi connectivity index (χ3v) is 4.17. The lowest BCUT2D eigenvalue weighted by molar-refractivity contribution is -0.120. The van der Waals surface area contributed by atoms with Crippen LogP contribution >= 0.6 is 11.6 Å². The molecule has 0 saturated carbocycles. The summed E-state index contributed by atoms with van der Waals surface area (Å²) in [7, 11) is 1.71. The highest BCUT2D eigenvalue weighted by molar-refractivity contribution is 6.31. The maximum atomic E-state index is 13.7. The van der Waals surface area contributed by atoms with Gasteiger partial charge in [-0.25, -0.2) is 8.78 Å². The Morgan fingerprint density at radius 1 is 1.25 bits per heavy atom. The summed E-state index contributed by atoms with van der Waals surface area (Å²) in [5.41, 5.74) is 1.87. The number of halogens is 3. The van der Waals surface area contributed by atoms with Gasteiger partial charge in [-0.15, -0.1) is 0 Å². The van der Waals surface area contributed by atoms with Gasteiger partial charge in [-0.3, -0.25) is 9.69 Å². The largest absolute Gasteiger partial charge is 0.324 e. The monoisotopic (exact) mass is 352 g/mol. The number of anilines is 1. The summed E-state index contributed by atoms with van der Waals surface area (Å²) >= 11 is 5.95. The van der Waals surface area contributed by atoms with Crippen LogP contribution in [0.15, 0.2) is 36.4 Å². The average molecular weight is 353 g/mol. The van der Waals surface area contributed by atoms with Crippen LogP contribution in [0.25, 0.3) is 0 Å². The highest BCUT2D eigenvalue weighted by Crippen LogP contribution is 2.21. The summed E-state index contributed by atoms with van der Waals surface area (Å²) in [6, 6.07) is 8.16. The van der Waals surface area contributed by atoms with Crippen LogP contribution in [0.2, 0.25) is 5.02 Å². The minimum atomic E-state index is -0.625. The Morgan fingerprint density at radius 3 is 2.62 bits per heavy atom. The second kappa shape index (κ2) is 7.73. The molecule has 2 aromatic carbocycles. The number of nitrogens with one attached hydrogen (secondary N) is 1. The highest BCUT2D eigenvalue weighted by Gasteiger charge is 2.20. The molecule has 0 aliphatic rings. The van der Waals surface area contributed by atoms with Crippen molar-refractivity contribution in [1.29, 1.82) is 0 Å². The summed E-state index contributed by atoms with van der Waals surface area (Å²) in [6.07, 6.45) is 0. The van der Waals surface area contributed by atoms with Crippen LogP contribution in [0.4, 0.5) is 14.5 Å². The molecule has 0 fully saturated rings. The van der Waals surface area contributed by atoms with Crippen LogP contribution in [0.3, 0.4) is 0 Å². The number of rotatable bonds is 5. The van der Waals surface area contributed by atoms with Gasteiger partial charge in [0.05, 0.1) is 6.04 Å². The normalized spacial score (nSPS) is 12.3. The van der Waals surface area contributed by atoms with E-state index in [1.165, 1.54) is 12.1 Å². The maximum absolute atomic E-state index is 13.7. The molecule has 1 amide bonds. The fourth-order valence-electron chi connectivity index (χ4n) is 2.22. The molecule has 1 unspecified atom stereocenters. The molecule has 0 bridgehead atoms. The fourth-order valence-corrected chi connectivity index (χ4v) is 2.39. The van der Waals surface area contributed by atoms with Crippen molar-refractivity contribution in [3.8, 4) is 0 Å². The molecule has 0 saturated heterocycles. The van der Waals surface area contributed by atoms with Crippen LogP contribution in [-0.2, 0) is 11.3 Å². The second-order valence-electron chi connectivity index (χ2n) is 5.78. The summed E-state index contributed by atoms with van der Waals surface area (Å²) in [4.78, 5) is 14.1. The van der Waals surface area contributed by atoms with Crippen molar-refractivity contribution < 1.29 is 13.6 Å². The average Bonchev–Trinajstić information content (AvgIpc) is 2.52. The van der Waals surface area contributed by atoms with E-state index in [2.05, 4.69) is 5.32 Å². The summed E-state index contributed by atoms with van der Waals surface area (Å²) in [5, 5.41) is 3.36. The van der Waals surface area contributed by atoms with E-state index >= 15 is 0 Å². The third-order valence-electron chi connectivity index (χ3n) is 3.93. The van der Waals surface area contributed by atoms with Gasteiger partial charge in [0.2, 0.25) is 5.91 Å². The zero-order valence-electron chi connectivity index (χ0n) is 13.7. The number of hydrogen-bond donors (Lipinski definition) is 1. The molecule has 1 N–H and O–H groups in total. The van der Waals surface area contributed by atoms with E-state index in [0.29, 0.717) is 16.3 Å². The molecule has 128 valence electrons. The molecule has 0 radical (unpaired) electrons. The van der Waals surface area contributed by atoms with Crippen LogP contribution in [0.1, 0.15) is 18.1 Å². The second-order valence-corrected chi connectivity index (χ2v) is 6.21. The summed E-state index contributed by atoms with van der Waals surface area (Å²) in [5.74, 6) is -1.48. The minimum Gasteiger partial charge on any atom is -0.324 e. The Bertz CT molecular complexity index is 752. The fraction of sp³-hybridized carbons (Fsp3) is 0.278. The van der Waals surface area contributed by atoms with Gasteiger partial charge in [0.1, 0.15) is 11.6 Å². The van der Waals surface area contributed by atoms with E-state index in [0.717, 1.165) is 11.6 Å². The molecule has 0 spiro atoms. The standard InChI is InChI=1S/C18H19ClF2N2O/c1-11-4-6-14(19)8-17(11)22-18(24)12(2)23(3)10-13-5-7-15(20)9-16(13)21/h4-9,12H,10H2,1-3H3,(H,22,24). The van der Waals surface area contributed by atoms with Crippen LogP contribution in [0.5, 0.6) is 0 Å². The number of carbonyl (C=O) groups excluding carboxylic acids is 1. The van der Waals surface area contributed by atoms with Crippen molar-refractivity contribution >= 4 is 23.2 Å². The number of carbonyl (C=O) groups is 1. The van der Waals surface area contributed by atoms with Crippen LogP contribution in [0, 0.1) is 18.6 Å². The number of aryl methyl sites for hydroxylation is 1. The molecule has 24 heavy (non-hydrogen) atoms. The molecule has 2 aromatic rings. The predicted octanol–water partition coefficient (Wildman–Crippen LogP) is 4.39. The number of hydrogen-bond acceptors (Lipinski definition) is 2. The Morgan fingerprint density at radius 2 is 1.96 bits per heavy atom. The van der Waals surface area contributed by atoms with Gasteiger partial charge in [-0.05, 0) is 44.7 Å². The number of amides is 1. The van der Waals surface area contributed by atoms with Crippen LogP contribution < -0.4 is 5.32 Å². The molecular weight excluding hydrogens is 334 g/mol. The molecule has 0 aliphatic heterocycles. The van der Waals surface area contributed by atoms with Crippen molar-refractivity contribution in [1.82, 2.24) is 4.90 Å². The van der Waals surface area contributed by atoms with Gasteiger partial charge < -0.3 is 5.32 Å². The number of nitrogens with zero attached hydrogens (tertiary/aromatic N) is 1. The lowest BCUT2D eigenvalue weighted by atomic mass is 10.1. The van der Waals surface area contributed by atoms with Crippen LogP contribution in [-0.4, -0.2) is 23.9 Å². The van der Waals surface area contributed by atoms with E-state index in [9.17, 15) is 13.6 Å². The van der Waals surface area contributed by atoms with Gasteiger partial charge >= 0.3 is 0 Å². The van der Waals surface area contributed by atoms with Gasteiger partial charge in [0.25, 0.3) is 0 Å². The SMILES string of the molecule is Cc1ccc(Cl)cc1NC(=O)C(C)N(C)Cc1ccc(F)cc1F. The molecular formula is C18H19ClF2N2O. The first-order valence-electron chi connectivity index (χ1n) is 7.49. The molecule has 3 nitrogen and oxygen atoms in total. The Balaban J connectivity index is 2.05. The smallest absolute Gasteiger partial charge is 0.241 e. The maximum Gasteiger partial charge on any atom is 0.241 e. The van der Waals surface area contributed by atoms with Gasteiger partial charge in [0.15, 0.2) is 0 Å². The zero-order chi connectivity index (χ0) is 17.9. The van der Waals surface area contributed by atoms with E-state index < -0.39 is 17.7 Å². The predicted molar refractivity (Wildman–Crippen MR) is 92.1 cm³/mol. The third kappa shape index (κ3) is 4.52. The summed E-state index contributed by atoms with van der Waals surface area (Å²) in [6.45, 7) is 3.78. The summed E-state index contributed by atoms with van der Waals surface area (Å²) < 4.78 is 26.7. The van der Waals surface area contributed by atoms with Crippen molar-refractivity contribution in [3.63, 3.8) is 0 Å². The van der Waals surface area contributed by atoms with E-state index in [4.69, 9.17) is 11.6 Å². The molecule has 0 aromatic heterocycles. The van der Waals surface area contributed by atoms with Crippen molar-refractivity contribution in [2.45, 2.75) is 26.4 Å². The Hall–Kier alpha value is -1.98. The highest BCUT2D eigenvalue weighted by atomic mass is 35.5. The van der Waals surface area contributed by atoms with E-state index in [1.54, 1.807) is 31.0 Å². The van der Waals surface area contributed by atoms with Gasteiger partial charge in [0, 0.05) is 28.9 Å². The van der Waals surface area contributed by atoms with Gasteiger partial charge in [-0.1, -0.05) is 23.7 Å². The van der Waals surface area contributed by atoms with Crippen molar-refractivity contribution in [2.24, 2.45) is 0 Å². The number of benzene rings is 2. The first-order valence-corrected chi connectivity index (χ1v) is 7.87.